The summed E-state index contributed by atoms with van der Waals surface area (Å²) >= 11 is 0. The number of para-hydroxylation sites is 1. The second-order valence-electron chi connectivity index (χ2n) is 9.05. The molecule has 1 aliphatic heterocycles. The minimum atomic E-state index is -0.132. The Morgan fingerprint density at radius 3 is 2.39 bits per heavy atom. The number of urea groups is 1. The third kappa shape index (κ3) is 8.26. The second kappa shape index (κ2) is 13.1. The van der Waals surface area contributed by atoms with Gasteiger partial charge in [-0.05, 0) is 38.2 Å². The zero-order valence-corrected chi connectivity index (χ0v) is 19.7. The van der Waals surface area contributed by atoms with E-state index >= 15 is 0 Å². The number of carbonyl (C=O) groups is 3. The number of nitrogens with zero attached hydrogens (tertiary/aromatic N) is 1. The van der Waals surface area contributed by atoms with E-state index in [-0.39, 0.29) is 29.9 Å². The van der Waals surface area contributed by atoms with E-state index in [9.17, 15) is 14.4 Å². The van der Waals surface area contributed by atoms with E-state index in [0.717, 1.165) is 37.0 Å². The van der Waals surface area contributed by atoms with Gasteiger partial charge in [0, 0.05) is 43.7 Å². The number of ether oxygens (including phenoxy) is 1. The van der Waals surface area contributed by atoms with Crippen LogP contribution in [0.4, 0.5) is 4.79 Å². The Bertz CT molecular complexity index is 786. The lowest BCUT2D eigenvalue weighted by Crippen LogP contribution is -2.47. The van der Waals surface area contributed by atoms with Crippen LogP contribution >= 0.6 is 0 Å². The molecule has 3 N–H and O–H groups in total. The maximum Gasteiger partial charge on any atom is 0.315 e. The third-order valence-electron chi connectivity index (χ3n) is 6.55. The van der Waals surface area contributed by atoms with Crippen LogP contribution in [-0.2, 0) is 16.0 Å². The molecular weight excluding hydrogens is 420 g/mol. The number of benzene rings is 1. The van der Waals surface area contributed by atoms with Crippen LogP contribution in [0.25, 0.3) is 0 Å². The van der Waals surface area contributed by atoms with Gasteiger partial charge in [0.1, 0.15) is 5.75 Å². The average molecular weight is 459 g/mol. The number of rotatable bonds is 9. The van der Waals surface area contributed by atoms with Crippen LogP contribution in [0.15, 0.2) is 24.3 Å². The summed E-state index contributed by atoms with van der Waals surface area (Å²) in [4.78, 5) is 38.7. The number of methoxy groups -OCH3 is 1. The van der Waals surface area contributed by atoms with E-state index < -0.39 is 0 Å². The normalized spacial score (nSPS) is 17.3. The van der Waals surface area contributed by atoms with Crippen LogP contribution in [0.3, 0.4) is 0 Å². The van der Waals surface area contributed by atoms with Gasteiger partial charge >= 0.3 is 6.03 Å². The largest absolute Gasteiger partial charge is 0.496 e. The lowest BCUT2D eigenvalue weighted by Gasteiger charge is -2.32. The smallest absolute Gasteiger partial charge is 0.315 e. The lowest BCUT2D eigenvalue weighted by molar-refractivity contribution is -0.131. The number of amides is 4. The second-order valence-corrected chi connectivity index (χ2v) is 9.05. The molecular formula is C25H38N4O4. The SMILES string of the molecule is COc1ccccc1CC(=O)N1CCC(NC(=O)CCCNC(=O)NC2CCCCC2)CC1. The molecule has 2 aliphatic rings. The van der Waals surface area contributed by atoms with Crippen LogP contribution < -0.4 is 20.7 Å². The fourth-order valence-electron chi connectivity index (χ4n) is 4.63. The molecule has 8 nitrogen and oxygen atoms in total. The predicted molar refractivity (Wildman–Crippen MR) is 127 cm³/mol. The predicted octanol–water partition coefficient (Wildman–Crippen LogP) is 2.76. The Labute approximate surface area is 196 Å². The van der Waals surface area contributed by atoms with Crippen molar-refractivity contribution in [2.24, 2.45) is 0 Å². The summed E-state index contributed by atoms with van der Waals surface area (Å²) in [5, 5.41) is 8.94. The van der Waals surface area contributed by atoms with Crippen molar-refractivity contribution in [2.75, 3.05) is 26.7 Å². The van der Waals surface area contributed by atoms with Gasteiger partial charge in [-0.25, -0.2) is 4.79 Å². The molecule has 2 fully saturated rings. The van der Waals surface area contributed by atoms with Gasteiger partial charge in [-0.15, -0.1) is 0 Å². The Hall–Kier alpha value is -2.77. The highest BCUT2D eigenvalue weighted by atomic mass is 16.5. The van der Waals surface area contributed by atoms with Gasteiger partial charge in [0.2, 0.25) is 11.8 Å². The molecule has 1 heterocycles. The molecule has 0 unspecified atom stereocenters. The first kappa shape index (κ1) is 24.9. The molecule has 8 heteroatoms. The first-order valence-corrected chi connectivity index (χ1v) is 12.3. The summed E-state index contributed by atoms with van der Waals surface area (Å²) in [6.45, 7) is 1.77. The summed E-state index contributed by atoms with van der Waals surface area (Å²) in [6.07, 6.45) is 8.56. The van der Waals surface area contributed by atoms with Crippen molar-refractivity contribution >= 4 is 17.8 Å². The van der Waals surface area contributed by atoms with E-state index in [1.807, 2.05) is 29.2 Å². The van der Waals surface area contributed by atoms with Crippen molar-refractivity contribution in [2.45, 2.75) is 76.3 Å². The molecule has 0 bridgehead atoms. The number of likely N-dealkylation sites (tertiary alicyclic amines) is 1. The number of carbonyl (C=O) groups excluding carboxylic acids is 3. The summed E-state index contributed by atoms with van der Waals surface area (Å²) in [7, 11) is 1.61. The molecule has 0 aromatic heterocycles. The third-order valence-corrected chi connectivity index (χ3v) is 6.55. The van der Waals surface area contributed by atoms with Crippen molar-refractivity contribution < 1.29 is 19.1 Å². The van der Waals surface area contributed by atoms with Crippen molar-refractivity contribution in [1.29, 1.82) is 0 Å². The van der Waals surface area contributed by atoms with Crippen LogP contribution in [0.5, 0.6) is 5.75 Å². The molecule has 0 spiro atoms. The zero-order valence-electron chi connectivity index (χ0n) is 19.7. The fraction of sp³-hybridized carbons (Fsp3) is 0.640. The fourth-order valence-corrected chi connectivity index (χ4v) is 4.63. The van der Waals surface area contributed by atoms with Gasteiger partial charge in [0.15, 0.2) is 0 Å². The molecule has 0 radical (unpaired) electrons. The quantitative estimate of drug-likeness (QED) is 0.496. The summed E-state index contributed by atoms with van der Waals surface area (Å²) in [6, 6.07) is 7.83. The minimum absolute atomic E-state index is 0.00304. The van der Waals surface area contributed by atoms with Gasteiger partial charge in [0.05, 0.1) is 13.5 Å². The van der Waals surface area contributed by atoms with Crippen LogP contribution in [0.1, 0.15) is 63.4 Å². The number of piperidine rings is 1. The Morgan fingerprint density at radius 2 is 1.67 bits per heavy atom. The molecule has 0 atom stereocenters. The van der Waals surface area contributed by atoms with Crippen molar-refractivity contribution in [3.8, 4) is 5.75 Å². The molecule has 1 aliphatic carbocycles. The summed E-state index contributed by atoms with van der Waals surface area (Å²) < 4.78 is 5.34. The van der Waals surface area contributed by atoms with Gasteiger partial charge in [-0.2, -0.15) is 0 Å². The van der Waals surface area contributed by atoms with Crippen LogP contribution in [0.2, 0.25) is 0 Å². The molecule has 1 saturated heterocycles. The molecule has 1 aromatic carbocycles. The molecule has 33 heavy (non-hydrogen) atoms. The summed E-state index contributed by atoms with van der Waals surface area (Å²) in [5.41, 5.74) is 0.890. The van der Waals surface area contributed by atoms with E-state index in [2.05, 4.69) is 16.0 Å². The standard InChI is InChI=1S/C25H38N4O4/c1-33-22-11-6-5-8-19(22)18-24(31)29-16-13-21(14-17-29)27-23(30)12-7-15-26-25(32)28-20-9-3-2-4-10-20/h5-6,8,11,20-21H,2-4,7,9-10,12-18H2,1H3,(H,27,30)(H2,26,28,32). The van der Waals surface area contributed by atoms with Gasteiger partial charge < -0.3 is 25.6 Å². The first-order valence-electron chi connectivity index (χ1n) is 12.3. The molecule has 1 aromatic rings. The Morgan fingerprint density at radius 1 is 0.970 bits per heavy atom. The zero-order chi connectivity index (χ0) is 23.5. The van der Waals surface area contributed by atoms with Gasteiger partial charge in [-0.1, -0.05) is 37.5 Å². The molecule has 3 rings (SSSR count). The van der Waals surface area contributed by atoms with Crippen molar-refractivity contribution in [3.05, 3.63) is 29.8 Å². The number of hydrogen-bond acceptors (Lipinski definition) is 4. The Kier molecular flexibility index (Phi) is 9.84. The Balaban J connectivity index is 1.27. The lowest BCUT2D eigenvalue weighted by atomic mass is 9.96. The highest BCUT2D eigenvalue weighted by Gasteiger charge is 2.24. The van der Waals surface area contributed by atoms with E-state index in [1.54, 1.807) is 7.11 Å². The summed E-state index contributed by atoms with van der Waals surface area (Å²) in [5.74, 6) is 0.819. The van der Waals surface area contributed by atoms with Gasteiger partial charge in [-0.3, -0.25) is 9.59 Å². The molecule has 182 valence electrons. The number of hydrogen-bond donors (Lipinski definition) is 3. The molecule has 1 saturated carbocycles. The highest BCUT2D eigenvalue weighted by Crippen LogP contribution is 2.20. The highest BCUT2D eigenvalue weighted by molar-refractivity contribution is 5.80. The van der Waals surface area contributed by atoms with Crippen molar-refractivity contribution in [3.63, 3.8) is 0 Å². The average Bonchev–Trinajstić information content (AvgIpc) is 2.83. The van der Waals surface area contributed by atoms with Crippen molar-refractivity contribution in [1.82, 2.24) is 20.9 Å². The number of nitrogens with one attached hydrogen (secondary N) is 3. The maximum absolute atomic E-state index is 12.7. The minimum Gasteiger partial charge on any atom is -0.496 e. The first-order chi connectivity index (χ1) is 16.0. The van der Waals surface area contributed by atoms with E-state index in [0.29, 0.717) is 38.9 Å². The maximum atomic E-state index is 12.7. The van der Waals surface area contributed by atoms with Gasteiger partial charge in [0.25, 0.3) is 0 Å². The van der Waals surface area contributed by atoms with Crippen LogP contribution in [-0.4, -0.2) is 61.6 Å². The van der Waals surface area contributed by atoms with E-state index in [1.165, 1.54) is 19.3 Å². The van der Waals surface area contributed by atoms with E-state index in [4.69, 9.17) is 4.74 Å². The van der Waals surface area contributed by atoms with Crippen LogP contribution in [0, 0.1) is 0 Å². The monoisotopic (exact) mass is 458 g/mol. The topological polar surface area (TPSA) is 99.8 Å². The molecule has 4 amide bonds.